The Labute approximate surface area is 342 Å². The first-order chi connectivity index (χ1) is 27.8. The molecule has 18 heteroatoms. The quantitative estimate of drug-likeness (QED) is 0.131. The van der Waals surface area contributed by atoms with Crippen LogP contribution in [0.5, 0.6) is 11.6 Å². The van der Waals surface area contributed by atoms with Crippen molar-refractivity contribution in [3.05, 3.63) is 23.9 Å². The lowest BCUT2D eigenvalue weighted by Gasteiger charge is -2.29. The first-order valence-corrected chi connectivity index (χ1v) is 22.2. The summed E-state index contributed by atoms with van der Waals surface area (Å²) in [6.45, 7) is 0.837. The van der Waals surface area contributed by atoms with Crippen LogP contribution in [0.25, 0.3) is 11.0 Å². The van der Waals surface area contributed by atoms with E-state index in [1.165, 1.54) is 58.5 Å². The zero-order chi connectivity index (χ0) is 41.6. The zero-order valence-corrected chi connectivity index (χ0v) is 34.0. The van der Waals surface area contributed by atoms with Crippen LogP contribution in [0, 0.1) is 17.8 Å². The second-order valence-corrected chi connectivity index (χ2v) is 18.3. The number of hydrogen-bond donors (Lipinski definition) is 4. The minimum absolute atomic E-state index is 0. The van der Waals surface area contributed by atoms with E-state index in [-0.39, 0.29) is 23.1 Å². The number of methoxy groups -OCH3 is 1. The number of rotatable bonds is 18. The molecular formula is C40H62F2N6O9S. The fourth-order valence-electron chi connectivity index (χ4n) is 8.14. The van der Waals surface area contributed by atoms with E-state index in [0.29, 0.717) is 41.7 Å². The summed E-state index contributed by atoms with van der Waals surface area (Å²) in [5.41, 5.74) is -0.554. The lowest BCUT2D eigenvalue weighted by atomic mass is 9.94. The molecule has 326 valence electrons. The van der Waals surface area contributed by atoms with Crippen LogP contribution >= 0.6 is 0 Å². The molecule has 15 nitrogen and oxygen atoms in total. The number of carboxylic acid groups (broad SMARTS) is 1. The van der Waals surface area contributed by atoms with Crippen LogP contribution in [-0.2, 0) is 30.8 Å². The molecule has 0 unspecified atom stereocenters. The van der Waals surface area contributed by atoms with Gasteiger partial charge in [-0.25, -0.2) is 32.0 Å². The summed E-state index contributed by atoms with van der Waals surface area (Å²) in [4.78, 5) is 63.0. The Morgan fingerprint density at radius 3 is 2.31 bits per heavy atom. The van der Waals surface area contributed by atoms with Crippen molar-refractivity contribution >= 4 is 44.9 Å². The lowest BCUT2D eigenvalue weighted by Crippen LogP contribution is -2.58. The van der Waals surface area contributed by atoms with Crippen molar-refractivity contribution < 1.29 is 55.2 Å². The summed E-state index contributed by atoms with van der Waals surface area (Å²) in [6, 6.07) is 3.87. The molecule has 0 bridgehead atoms. The average Bonchev–Trinajstić information content (AvgIpc) is 4.15. The number of sulfonamides is 1. The fraction of sp³-hybridized carbons (Fsp3) is 0.700. The average molecular weight is 841 g/mol. The van der Waals surface area contributed by atoms with Crippen LogP contribution in [0.3, 0.4) is 0 Å². The number of carbonyl (C=O) groups excluding carboxylic acids is 3. The standard InChI is InChI=1S/C35H46F2N6O9S.C5H10.3H2/c1-3-22-27(52-32-25(8-6-4-5-7-19-9-10-19)39-24-14-11-20(51-2)15-26(24)40-32)18-43(28(44)17-38-34(47)48)29(22)31(45)41-35(16-23(35)30(36)37)33(46)42-53(49,50)21-12-13-21;1-2-4-5-3-1;;;/h11,14-15,19,21-23,27,29-30,38H,3-10,12-13,16-18H2,1-2H3,(H,41,45)(H,42,46)(H,47,48);1-5H2;3*1H/t22-,23+,27+,29+,35-;;;;/m1..../s1. The van der Waals surface area contributed by atoms with E-state index in [4.69, 9.17) is 19.4 Å². The van der Waals surface area contributed by atoms with E-state index in [2.05, 4.69) is 5.32 Å². The van der Waals surface area contributed by atoms with Gasteiger partial charge in [0.15, 0.2) is 0 Å². The van der Waals surface area contributed by atoms with Crippen LogP contribution in [-0.4, -0.2) is 102 Å². The van der Waals surface area contributed by atoms with E-state index < -0.39 is 88.0 Å². The maximum Gasteiger partial charge on any atom is 0.405 e. The molecule has 0 spiro atoms. The van der Waals surface area contributed by atoms with Crippen molar-refractivity contribution in [1.29, 1.82) is 0 Å². The second-order valence-electron chi connectivity index (χ2n) is 16.3. The number of unbranched alkanes of at least 4 members (excludes halogenated alkanes) is 2. The zero-order valence-electron chi connectivity index (χ0n) is 33.2. The van der Waals surface area contributed by atoms with Gasteiger partial charge in [0.1, 0.15) is 35.7 Å². The highest BCUT2D eigenvalue weighted by Crippen LogP contribution is 2.49. The minimum atomic E-state index is -4.13. The van der Waals surface area contributed by atoms with Crippen molar-refractivity contribution in [2.24, 2.45) is 17.8 Å². The summed E-state index contributed by atoms with van der Waals surface area (Å²) in [7, 11) is -2.61. The van der Waals surface area contributed by atoms with E-state index >= 15 is 0 Å². The number of carbonyl (C=O) groups is 4. The van der Waals surface area contributed by atoms with Crippen LogP contribution < -0.4 is 24.8 Å². The number of benzene rings is 1. The maximum atomic E-state index is 14.2. The summed E-state index contributed by atoms with van der Waals surface area (Å²) in [5, 5.41) is 12.8. The van der Waals surface area contributed by atoms with E-state index in [9.17, 15) is 41.5 Å². The molecule has 4 N–H and O–H groups in total. The predicted molar refractivity (Wildman–Crippen MR) is 215 cm³/mol. The molecule has 1 saturated heterocycles. The molecule has 4 amide bonds. The van der Waals surface area contributed by atoms with Gasteiger partial charge in [-0.15, -0.1) is 0 Å². The number of aryl methyl sites for hydroxylation is 1. The fourth-order valence-corrected chi connectivity index (χ4v) is 9.50. The number of nitrogens with zero attached hydrogens (tertiary/aromatic N) is 3. The van der Waals surface area contributed by atoms with E-state index in [0.717, 1.165) is 30.1 Å². The third-order valence-corrected chi connectivity index (χ3v) is 13.8. The van der Waals surface area contributed by atoms with Gasteiger partial charge < -0.3 is 30.1 Å². The number of aromatic nitrogens is 2. The molecular weight excluding hydrogens is 779 g/mol. The molecule has 2 aromatic rings. The molecule has 2 heterocycles. The predicted octanol–water partition coefficient (Wildman–Crippen LogP) is 5.84. The number of nitrogens with one attached hydrogen (secondary N) is 3. The Balaban J connectivity index is 0.00000116. The van der Waals surface area contributed by atoms with Gasteiger partial charge in [0.05, 0.1) is 35.9 Å². The minimum Gasteiger partial charge on any atom is -0.497 e. The monoisotopic (exact) mass is 840 g/mol. The molecule has 1 aromatic heterocycles. The van der Waals surface area contributed by atoms with E-state index in [1.807, 2.05) is 10.0 Å². The van der Waals surface area contributed by atoms with Gasteiger partial charge in [-0.2, -0.15) is 0 Å². The lowest BCUT2D eigenvalue weighted by molar-refractivity contribution is -0.140. The number of hydrogen-bond acceptors (Lipinski definition) is 10. The molecule has 5 aliphatic rings. The molecule has 4 saturated carbocycles. The van der Waals surface area contributed by atoms with Crippen molar-refractivity contribution in [2.75, 3.05) is 20.2 Å². The Bertz CT molecular complexity index is 1940. The van der Waals surface area contributed by atoms with Gasteiger partial charge in [0, 0.05) is 16.3 Å². The van der Waals surface area contributed by atoms with Crippen LogP contribution in [0.2, 0.25) is 0 Å². The maximum absolute atomic E-state index is 14.2. The highest BCUT2D eigenvalue weighted by atomic mass is 32.2. The molecule has 0 radical (unpaired) electrons. The SMILES string of the molecule is C1CCCC1.CC[C@@H]1[C@@H](Oc2nc3cc(OC)ccc3nc2CCCCCC2CC2)CN(C(=O)CNC(=O)O)[C@@H]1C(=O)N[C@]1(C(=O)NS(=O)(=O)C2CC2)C[C@H]1C(F)F.[HH].[HH].[HH]. The normalized spacial score (nSPS) is 25.2. The van der Waals surface area contributed by atoms with Crippen LogP contribution in [0.4, 0.5) is 13.6 Å². The smallest absolute Gasteiger partial charge is 0.405 e. The van der Waals surface area contributed by atoms with E-state index in [1.54, 1.807) is 25.1 Å². The first kappa shape index (κ1) is 43.2. The highest BCUT2D eigenvalue weighted by molar-refractivity contribution is 7.91. The van der Waals surface area contributed by atoms with Crippen LogP contribution in [0.1, 0.15) is 113 Å². The molecule has 7 rings (SSSR count). The van der Waals surface area contributed by atoms with Crippen molar-refractivity contribution in [3.63, 3.8) is 0 Å². The van der Waals surface area contributed by atoms with Gasteiger partial charge in [-0.3, -0.25) is 19.1 Å². The number of ether oxygens (including phenoxy) is 2. The largest absolute Gasteiger partial charge is 0.497 e. The highest BCUT2D eigenvalue weighted by Gasteiger charge is 2.67. The summed E-state index contributed by atoms with van der Waals surface area (Å²) >= 11 is 0. The van der Waals surface area contributed by atoms with Gasteiger partial charge in [-0.05, 0) is 56.6 Å². The number of fused-ring (bicyclic) bond motifs is 1. The van der Waals surface area contributed by atoms with Crippen molar-refractivity contribution in [2.45, 2.75) is 139 Å². The molecule has 1 aliphatic heterocycles. The number of halogens is 2. The Morgan fingerprint density at radius 1 is 1.02 bits per heavy atom. The molecule has 4 aliphatic carbocycles. The molecule has 1 aromatic carbocycles. The number of alkyl halides is 2. The third kappa shape index (κ3) is 10.6. The van der Waals surface area contributed by atoms with Gasteiger partial charge in [0.25, 0.3) is 5.91 Å². The molecule has 58 heavy (non-hydrogen) atoms. The Hall–Kier alpha value is -4.35. The third-order valence-electron chi connectivity index (χ3n) is 12.0. The Morgan fingerprint density at radius 2 is 1.72 bits per heavy atom. The van der Waals surface area contributed by atoms with Crippen molar-refractivity contribution in [3.8, 4) is 11.6 Å². The van der Waals surface area contributed by atoms with Crippen LogP contribution in [0.15, 0.2) is 18.2 Å². The summed E-state index contributed by atoms with van der Waals surface area (Å²) in [5.74, 6) is -3.92. The summed E-state index contributed by atoms with van der Waals surface area (Å²) < 4.78 is 67.0. The molecule has 5 fully saturated rings. The van der Waals surface area contributed by atoms with Gasteiger partial charge >= 0.3 is 6.09 Å². The van der Waals surface area contributed by atoms with Gasteiger partial charge in [-0.1, -0.05) is 71.1 Å². The topological polar surface area (TPSA) is 206 Å². The van der Waals surface area contributed by atoms with Gasteiger partial charge in [0.2, 0.25) is 34.1 Å². The molecule has 5 atom stereocenters. The first-order valence-electron chi connectivity index (χ1n) is 20.7. The Kier molecular flexibility index (Phi) is 13.9. The number of amides is 4. The number of likely N-dealkylation sites (tertiary alicyclic amines) is 1. The van der Waals surface area contributed by atoms with Crippen molar-refractivity contribution in [1.82, 2.24) is 30.2 Å². The summed E-state index contributed by atoms with van der Waals surface area (Å²) in [6.07, 6.45) is 9.64. The second kappa shape index (κ2) is 18.7.